The highest BCUT2D eigenvalue weighted by Crippen LogP contribution is 2.65. The number of hydrogen-bond acceptors (Lipinski definition) is 2. The highest BCUT2D eigenvalue weighted by molar-refractivity contribution is 5.95. The number of Topliss-reactive ketones (excluding diaryl/α,β-unsaturated/α-hetero) is 1. The number of nitrogens with one attached hydrogen (secondary N) is 1. The molecule has 0 radical (unpaired) electrons. The molecule has 1 N–H and O–H groups in total. The minimum Gasteiger partial charge on any atom is -0.311 e. The van der Waals surface area contributed by atoms with E-state index in [9.17, 15) is 9.18 Å². The average molecular weight is 346 g/mol. The van der Waals surface area contributed by atoms with Crippen LogP contribution in [0, 0.1) is 28.6 Å². The van der Waals surface area contributed by atoms with Gasteiger partial charge in [0.1, 0.15) is 0 Å². The summed E-state index contributed by atoms with van der Waals surface area (Å²) in [5, 5.41) is 3.95. The van der Waals surface area contributed by atoms with E-state index >= 15 is 0 Å². The summed E-state index contributed by atoms with van der Waals surface area (Å²) in [6.45, 7) is 4.82. The molecule has 0 saturated heterocycles. The topological polar surface area (TPSA) is 29.1 Å². The fourth-order valence-electron chi connectivity index (χ4n) is 7.46. The van der Waals surface area contributed by atoms with Gasteiger partial charge in [0.15, 0.2) is 11.6 Å². The normalized spacial score (nSPS) is 49.6. The van der Waals surface area contributed by atoms with Gasteiger partial charge < -0.3 is 5.32 Å². The second kappa shape index (κ2) is 5.41. The molecule has 0 aliphatic heterocycles. The van der Waals surface area contributed by atoms with Crippen LogP contribution in [0.4, 0.5) is 4.39 Å². The molecule has 0 aromatic rings. The number of allylic oxidation sites excluding steroid dienone is 1. The number of hydrogen-bond donors (Lipinski definition) is 1. The quantitative estimate of drug-likeness (QED) is 0.768. The first-order valence-corrected chi connectivity index (χ1v) is 10.6. The van der Waals surface area contributed by atoms with Crippen molar-refractivity contribution < 1.29 is 9.18 Å². The van der Waals surface area contributed by atoms with Crippen molar-refractivity contribution in [3.63, 3.8) is 0 Å². The lowest BCUT2D eigenvalue weighted by Crippen LogP contribution is -2.53. The van der Waals surface area contributed by atoms with Crippen LogP contribution in [0.5, 0.6) is 0 Å². The Hall–Kier alpha value is -0.700. The van der Waals surface area contributed by atoms with Crippen molar-refractivity contribution in [1.82, 2.24) is 5.32 Å². The Balaban J connectivity index is 1.44. The SMILES string of the molecule is C[C@]12CC[C@H]3[C@@H](CCC4=C(F)C(=O)CC[C@@]43C)[C@@H]1CC[C@@H]2NC1CC1. The molecular formula is C22H32FNO. The van der Waals surface area contributed by atoms with Gasteiger partial charge in [0.05, 0.1) is 0 Å². The van der Waals surface area contributed by atoms with E-state index in [1.165, 1.54) is 38.5 Å². The largest absolute Gasteiger partial charge is 0.311 e. The molecule has 0 aromatic heterocycles. The van der Waals surface area contributed by atoms with Gasteiger partial charge in [-0.3, -0.25) is 4.79 Å². The van der Waals surface area contributed by atoms with Crippen molar-refractivity contribution in [2.24, 2.45) is 28.6 Å². The third kappa shape index (κ3) is 2.27. The fourth-order valence-corrected chi connectivity index (χ4v) is 7.46. The standard InChI is InChI=1S/C22H32FNO/c1-21-12-10-18(25)20(23)17(21)6-5-14-15-7-8-19(24-13-3-4-13)22(15,2)11-9-16(14)21/h13-16,19,24H,3-12H2,1-2H3/t14-,15-,16-,19-,21+,22-/m0/s1. The van der Waals surface area contributed by atoms with Gasteiger partial charge in [-0.15, -0.1) is 0 Å². The van der Waals surface area contributed by atoms with E-state index in [0.29, 0.717) is 23.8 Å². The molecular weight excluding hydrogens is 313 g/mol. The Bertz CT molecular complexity index is 638. The van der Waals surface area contributed by atoms with Crippen LogP contribution in [0.1, 0.15) is 78.1 Å². The number of ketones is 1. The molecule has 138 valence electrons. The fraction of sp³-hybridized carbons (Fsp3) is 0.864. The molecule has 3 heteroatoms. The molecule has 0 spiro atoms. The van der Waals surface area contributed by atoms with Crippen molar-refractivity contribution in [2.45, 2.75) is 90.1 Å². The molecule has 5 aliphatic carbocycles. The van der Waals surface area contributed by atoms with Gasteiger partial charge in [-0.2, -0.15) is 0 Å². The Morgan fingerprint density at radius 2 is 1.76 bits per heavy atom. The van der Waals surface area contributed by atoms with E-state index in [1.807, 2.05) is 0 Å². The Morgan fingerprint density at radius 3 is 2.52 bits per heavy atom. The second-order valence-electron chi connectivity index (χ2n) is 10.2. The highest BCUT2D eigenvalue weighted by Gasteiger charge is 2.60. The third-order valence-electron chi connectivity index (χ3n) is 9.07. The Morgan fingerprint density at radius 1 is 0.960 bits per heavy atom. The molecule has 5 aliphatic rings. The van der Waals surface area contributed by atoms with E-state index in [-0.39, 0.29) is 17.0 Å². The Labute approximate surface area is 151 Å². The Kier molecular flexibility index (Phi) is 3.56. The molecule has 0 heterocycles. The van der Waals surface area contributed by atoms with Crippen LogP contribution in [0.25, 0.3) is 0 Å². The monoisotopic (exact) mass is 345 g/mol. The molecule has 4 fully saturated rings. The van der Waals surface area contributed by atoms with E-state index in [1.54, 1.807) is 0 Å². The predicted molar refractivity (Wildman–Crippen MR) is 96.7 cm³/mol. The minimum absolute atomic E-state index is 0.0513. The summed E-state index contributed by atoms with van der Waals surface area (Å²) in [5.41, 5.74) is 1.27. The van der Waals surface area contributed by atoms with Gasteiger partial charge in [0, 0.05) is 18.5 Å². The van der Waals surface area contributed by atoms with Crippen molar-refractivity contribution in [3.05, 3.63) is 11.4 Å². The average Bonchev–Trinajstić information content (AvgIpc) is 3.34. The number of carbonyl (C=O) groups is 1. The van der Waals surface area contributed by atoms with E-state index in [0.717, 1.165) is 42.7 Å². The lowest BCUT2D eigenvalue weighted by molar-refractivity contribution is -0.120. The summed E-state index contributed by atoms with van der Waals surface area (Å²) >= 11 is 0. The van der Waals surface area contributed by atoms with Gasteiger partial charge in [-0.25, -0.2) is 4.39 Å². The molecule has 5 rings (SSSR count). The van der Waals surface area contributed by atoms with Gasteiger partial charge in [0.25, 0.3) is 0 Å². The number of fused-ring (bicyclic) bond motifs is 5. The van der Waals surface area contributed by atoms with Crippen LogP contribution in [0.3, 0.4) is 0 Å². The van der Waals surface area contributed by atoms with Gasteiger partial charge in [-0.05, 0) is 91.9 Å². The number of halogens is 1. The number of rotatable bonds is 2. The summed E-state index contributed by atoms with van der Waals surface area (Å²) < 4.78 is 14.6. The maximum atomic E-state index is 14.6. The van der Waals surface area contributed by atoms with Gasteiger partial charge in [-0.1, -0.05) is 13.8 Å². The minimum atomic E-state index is -0.361. The third-order valence-corrected chi connectivity index (χ3v) is 9.07. The molecule has 25 heavy (non-hydrogen) atoms. The summed E-state index contributed by atoms with van der Waals surface area (Å²) in [4.78, 5) is 11.9. The van der Waals surface area contributed by atoms with Crippen LogP contribution in [-0.4, -0.2) is 17.9 Å². The summed E-state index contributed by atoms with van der Waals surface area (Å²) in [7, 11) is 0. The molecule has 0 aromatic carbocycles. The molecule has 4 saturated carbocycles. The summed E-state index contributed by atoms with van der Waals surface area (Å²) in [6, 6.07) is 1.48. The zero-order chi connectivity index (χ0) is 17.4. The van der Waals surface area contributed by atoms with Crippen molar-refractivity contribution in [1.29, 1.82) is 0 Å². The lowest BCUT2D eigenvalue weighted by atomic mass is 9.47. The van der Waals surface area contributed by atoms with Gasteiger partial charge in [0.2, 0.25) is 0 Å². The summed E-state index contributed by atoms with van der Waals surface area (Å²) in [6.07, 6.45) is 11.1. The lowest BCUT2D eigenvalue weighted by Gasteiger charge is -2.58. The zero-order valence-corrected chi connectivity index (χ0v) is 15.7. The van der Waals surface area contributed by atoms with Crippen molar-refractivity contribution >= 4 is 5.78 Å². The molecule has 6 atom stereocenters. The van der Waals surface area contributed by atoms with Gasteiger partial charge >= 0.3 is 0 Å². The smallest absolute Gasteiger partial charge is 0.191 e. The van der Waals surface area contributed by atoms with Crippen molar-refractivity contribution in [2.75, 3.05) is 0 Å². The maximum Gasteiger partial charge on any atom is 0.191 e. The van der Waals surface area contributed by atoms with Crippen molar-refractivity contribution in [3.8, 4) is 0 Å². The van der Waals surface area contributed by atoms with Crippen LogP contribution >= 0.6 is 0 Å². The zero-order valence-electron chi connectivity index (χ0n) is 15.7. The first kappa shape index (κ1) is 16.5. The first-order chi connectivity index (χ1) is 11.9. The van der Waals surface area contributed by atoms with Crippen LogP contribution in [-0.2, 0) is 4.79 Å². The maximum absolute atomic E-state index is 14.6. The van der Waals surface area contributed by atoms with Crippen LogP contribution in [0.15, 0.2) is 11.4 Å². The molecule has 0 unspecified atom stereocenters. The second-order valence-corrected chi connectivity index (χ2v) is 10.2. The summed E-state index contributed by atoms with van der Waals surface area (Å²) in [5.74, 6) is 1.52. The van der Waals surface area contributed by atoms with E-state index in [4.69, 9.17) is 0 Å². The van der Waals surface area contributed by atoms with Crippen LogP contribution < -0.4 is 5.32 Å². The number of carbonyl (C=O) groups excluding carboxylic acids is 1. The molecule has 0 amide bonds. The van der Waals surface area contributed by atoms with E-state index < -0.39 is 0 Å². The van der Waals surface area contributed by atoms with Crippen LogP contribution in [0.2, 0.25) is 0 Å². The predicted octanol–water partition coefficient (Wildman–Crippen LogP) is 4.94. The van der Waals surface area contributed by atoms with E-state index in [2.05, 4.69) is 19.2 Å². The molecule has 2 nitrogen and oxygen atoms in total. The highest BCUT2D eigenvalue weighted by atomic mass is 19.1. The first-order valence-electron chi connectivity index (χ1n) is 10.6. The molecule has 0 bridgehead atoms.